The Kier molecular flexibility index (Phi) is 5.10. The highest BCUT2D eigenvalue weighted by Crippen LogP contribution is 2.14. The maximum Gasteiger partial charge on any atom is 0.00967 e. The van der Waals surface area contributed by atoms with Crippen molar-refractivity contribution in [2.75, 3.05) is 13.1 Å². The molecule has 0 amide bonds. The van der Waals surface area contributed by atoms with Gasteiger partial charge in [-0.1, -0.05) is 27.7 Å². The number of hydrogen-bond donors (Lipinski definition) is 2. The Balaban J connectivity index is 3.83. The molecule has 0 aliphatic carbocycles. The second-order valence-corrected chi connectivity index (χ2v) is 6.30. The van der Waals surface area contributed by atoms with Gasteiger partial charge in [0.25, 0.3) is 0 Å². The van der Waals surface area contributed by atoms with Gasteiger partial charge in [-0.3, -0.25) is 0 Å². The molecule has 0 rings (SSSR count). The van der Waals surface area contributed by atoms with Gasteiger partial charge >= 0.3 is 0 Å². The lowest BCUT2D eigenvalue weighted by molar-refractivity contribution is 0.273. The topological polar surface area (TPSA) is 24.1 Å². The molecule has 0 aromatic rings. The van der Waals surface area contributed by atoms with Gasteiger partial charge in [-0.05, 0) is 26.2 Å². The lowest BCUT2D eigenvalue weighted by atomic mass is 9.91. The van der Waals surface area contributed by atoms with Gasteiger partial charge in [-0.25, -0.2) is 0 Å². The predicted octanol–water partition coefficient (Wildman–Crippen LogP) is 2.40. The Bertz CT molecular complexity index is 154. The maximum atomic E-state index is 3.55. The molecule has 0 fully saturated rings. The van der Waals surface area contributed by atoms with Crippen molar-refractivity contribution in [3.05, 3.63) is 0 Å². The smallest absolute Gasteiger partial charge is 0.00967 e. The first kappa shape index (κ1) is 13.9. The van der Waals surface area contributed by atoms with E-state index in [1.54, 1.807) is 0 Å². The number of nitrogens with one attached hydrogen (secondary N) is 2. The van der Waals surface area contributed by atoms with Crippen LogP contribution in [0.4, 0.5) is 0 Å². The molecular weight excluding hydrogens is 172 g/mol. The third kappa shape index (κ3) is 8.52. The average molecular weight is 200 g/mol. The van der Waals surface area contributed by atoms with Crippen LogP contribution in [0, 0.1) is 5.41 Å². The largest absolute Gasteiger partial charge is 0.314 e. The molecule has 0 radical (unpaired) electrons. The summed E-state index contributed by atoms with van der Waals surface area (Å²) in [5.41, 5.74) is 0.534. The van der Waals surface area contributed by atoms with Crippen LogP contribution < -0.4 is 10.6 Å². The van der Waals surface area contributed by atoms with Crippen molar-refractivity contribution >= 4 is 0 Å². The van der Waals surface area contributed by atoms with E-state index in [2.05, 4.69) is 59.1 Å². The third-order valence-corrected chi connectivity index (χ3v) is 2.09. The van der Waals surface area contributed by atoms with Crippen molar-refractivity contribution in [3.63, 3.8) is 0 Å². The van der Waals surface area contributed by atoms with Crippen LogP contribution in [0.3, 0.4) is 0 Å². The fraction of sp³-hybridized carbons (Fsp3) is 1.00. The van der Waals surface area contributed by atoms with E-state index in [0.29, 0.717) is 11.5 Å². The van der Waals surface area contributed by atoms with E-state index in [1.807, 2.05) is 0 Å². The summed E-state index contributed by atoms with van der Waals surface area (Å²) in [5.74, 6) is 0. The van der Waals surface area contributed by atoms with Crippen molar-refractivity contribution in [3.8, 4) is 0 Å². The summed E-state index contributed by atoms with van der Waals surface area (Å²) in [6.45, 7) is 17.7. The molecule has 0 aliphatic heterocycles. The van der Waals surface area contributed by atoms with E-state index in [-0.39, 0.29) is 5.54 Å². The summed E-state index contributed by atoms with van der Waals surface area (Å²) >= 11 is 0. The first-order chi connectivity index (χ1) is 6.12. The summed E-state index contributed by atoms with van der Waals surface area (Å²) in [6.07, 6.45) is 0. The van der Waals surface area contributed by atoms with Gasteiger partial charge in [0.2, 0.25) is 0 Å². The number of hydrogen-bond acceptors (Lipinski definition) is 2. The third-order valence-electron chi connectivity index (χ3n) is 2.09. The monoisotopic (exact) mass is 200 g/mol. The first-order valence-corrected chi connectivity index (χ1v) is 5.61. The van der Waals surface area contributed by atoms with Gasteiger partial charge in [0.05, 0.1) is 0 Å². The van der Waals surface area contributed by atoms with Crippen LogP contribution in [0.2, 0.25) is 0 Å². The zero-order valence-corrected chi connectivity index (χ0v) is 11.0. The zero-order chi connectivity index (χ0) is 11.4. The van der Waals surface area contributed by atoms with Gasteiger partial charge in [-0.2, -0.15) is 0 Å². The van der Waals surface area contributed by atoms with E-state index < -0.39 is 0 Å². The van der Waals surface area contributed by atoms with Gasteiger partial charge in [-0.15, -0.1) is 0 Å². The van der Waals surface area contributed by atoms with Crippen LogP contribution in [-0.4, -0.2) is 24.7 Å². The van der Waals surface area contributed by atoms with Crippen molar-refractivity contribution < 1.29 is 0 Å². The average Bonchev–Trinajstić information content (AvgIpc) is 1.97. The lowest BCUT2D eigenvalue weighted by Gasteiger charge is -2.31. The van der Waals surface area contributed by atoms with Gasteiger partial charge in [0.1, 0.15) is 0 Å². The fourth-order valence-corrected chi connectivity index (χ4v) is 1.05. The predicted molar refractivity (Wildman–Crippen MR) is 64.7 cm³/mol. The Morgan fingerprint density at radius 3 is 1.79 bits per heavy atom. The van der Waals surface area contributed by atoms with Crippen molar-refractivity contribution in [2.24, 2.45) is 5.41 Å². The normalized spacial score (nSPS) is 13.7. The minimum absolute atomic E-state index is 0.217. The SMILES string of the molecule is CC(C)NCC(C)(C)CNC(C)(C)C. The van der Waals surface area contributed by atoms with Gasteiger partial charge in [0, 0.05) is 24.7 Å². The van der Waals surface area contributed by atoms with Crippen LogP contribution in [-0.2, 0) is 0 Å². The Labute approximate surface area is 89.9 Å². The molecule has 0 bridgehead atoms. The molecule has 0 atom stereocenters. The van der Waals surface area contributed by atoms with Crippen LogP contribution >= 0.6 is 0 Å². The number of rotatable bonds is 5. The van der Waals surface area contributed by atoms with Crippen LogP contribution in [0.5, 0.6) is 0 Å². The molecule has 0 aromatic carbocycles. The van der Waals surface area contributed by atoms with Crippen LogP contribution in [0.25, 0.3) is 0 Å². The van der Waals surface area contributed by atoms with Crippen LogP contribution in [0.15, 0.2) is 0 Å². The molecule has 86 valence electrons. The second-order valence-electron chi connectivity index (χ2n) is 6.30. The van der Waals surface area contributed by atoms with E-state index in [1.165, 1.54) is 0 Å². The van der Waals surface area contributed by atoms with E-state index in [9.17, 15) is 0 Å². The molecule has 0 aromatic heterocycles. The summed E-state index contributed by atoms with van der Waals surface area (Å²) in [4.78, 5) is 0. The maximum absolute atomic E-state index is 3.55. The quantitative estimate of drug-likeness (QED) is 0.712. The molecular formula is C12H28N2. The Morgan fingerprint density at radius 1 is 0.929 bits per heavy atom. The summed E-state index contributed by atoms with van der Waals surface area (Å²) < 4.78 is 0. The van der Waals surface area contributed by atoms with Crippen molar-refractivity contribution in [1.82, 2.24) is 10.6 Å². The van der Waals surface area contributed by atoms with Crippen molar-refractivity contribution in [2.45, 2.75) is 60.0 Å². The van der Waals surface area contributed by atoms with E-state index >= 15 is 0 Å². The molecule has 2 nitrogen and oxygen atoms in total. The molecule has 0 heterocycles. The molecule has 2 heteroatoms. The lowest BCUT2D eigenvalue weighted by Crippen LogP contribution is -2.46. The standard InChI is InChI=1S/C12H28N2/c1-10(2)13-8-12(6,7)9-14-11(3,4)5/h10,13-14H,8-9H2,1-7H3. The molecule has 0 aliphatic rings. The van der Waals surface area contributed by atoms with E-state index in [0.717, 1.165) is 13.1 Å². The van der Waals surface area contributed by atoms with Crippen molar-refractivity contribution in [1.29, 1.82) is 0 Å². The van der Waals surface area contributed by atoms with E-state index in [4.69, 9.17) is 0 Å². The summed E-state index contributed by atoms with van der Waals surface area (Å²) in [6, 6.07) is 0.573. The highest BCUT2D eigenvalue weighted by molar-refractivity contribution is 4.80. The Morgan fingerprint density at radius 2 is 1.43 bits per heavy atom. The van der Waals surface area contributed by atoms with Gasteiger partial charge in [0.15, 0.2) is 0 Å². The Hall–Kier alpha value is -0.0800. The zero-order valence-electron chi connectivity index (χ0n) is 11.0. The summed E-state index contributed by atoms with van der Waals surface area (Å²) in [5, 5.41) is 7.03. The second kappa shape index (κ2) is 5.13. The molecule has 0 saturated carbocycles. The summed E-state index contributed by atoms with van der Waals surface area (Å²) in [7, 11) is 0. The highest BCUT2D eigenvalue weighted by atomic mass is 15.0. The first-order valence-electron chi connectivity index (χ1n) is 5.61. The molecule has 0 unspecified atom stereocenters. The molecule has 2 N–H and O–H groups in total. The highest BCUT2D eigenvalue weighted by Gasteiger charge is 2.20. The molecule has 0 saturated heterocycles. The minimum Gasteiger partial charge on any atom is -0.314 e. The van der Waals surface area contributed by atoms with Gasteiger partial charge < -0.3 is 10.6 Å². The molecule has 0 spiro atoms. The minimum atomic E-state index is 0.217. The van der Waals surface area contributed by atoms with Crippen LogP contribution in [0.1, 0.15) is 48.5 Å². The fourth-order valence-electron chi connectivity index (χ4n) is 1.05. The molecule has 14 heavy (non-hydrogen) atoms.